The first-order chi connectivity index (χ1) is 5.35. The van der Waals surface area contributed by atoms with E-state index in [2.05, 4.69) is 6.58 Å². The van der Waals surface area contributed by atoms with Gasteiger partial charge in [-0.05, 0) is 19.1 Å². The van der Waals surface area contributed by atoms with Crippen molar-refractivity contribution in [3.05, 3.63) is 36.6 Å². The van der Waals surface area contributed by atoms with Crippen LogP contribution in [-0.4, -0.2) is 5.21 Å². The van der Waals surface area contributed by atoms with E-state index < -0.39 is 0 Å². The molecule has 2 N–H and O–H groups in total. The molecule has 0 unspecified atom stereocenters. The average Bonchev–Trinajstić information content (AvgIpc) is 2.08. The maximum atomic E-state index is 8.37. The van der Waals surface area contributed by atoms with Crippen molar-refractivity contribution in [1.82, 2.24) is 5.48 Å². The van der Waals surface area contributed by atoms with Crippen LogP contribution < -0.4 is 5.48 Å². The molecular formula is C9H17NO. The zero-order chi connectivity index (χ0) is 9.11. The van der Waals surface area contributed by atoms with Crippen LogP contribution in [0.5, 0.6) is 0 Å². The van der Waals surface area contributed by atoms with E-state index in [1.54, 1.807) is 18.2 Å². The van der Waals surface area contributed by atoms with E-state index in [9.17, 15) is 0 Å². The van der Waals surface area contributed by atoms with E-state index in [1.807, 2.05) is 32.3 Å². The molecule has 0 aliphatic rings. The highest BCUT2D eigenvalue weighted by molar-refractivity contribution is 5.19. The van der Waals surface area contributed by atoms with Crippen LogP contribution in [0.2, 0.25) is 0 Å². The Labute approximate surface area is 68.9 Å². The maximum absolute atomic E-state index is 8.37. The van der Waals surface area contributed by atoms with Gasteiger partial charge in [0, 0.05) is 0 Å². The fourth-order valence-corrected chi connectivity index (χ4v) is 0.437. The van der Waals surface area contributed by atoms with Crippen LogP contribution in [0.3, 0.4) is 0 Å². The van der Waals surface area contributed by atoms with Crippen molar-refractivity contribution in [2.24, 2.45) is 0 Å². The van der Waals surface area contributed by atoms with Crippen LogP contribution in [0.1, 0.15) is 20.8 Å². The van der Waals surface area contributed by atoms with Crippen LogP contribution in [0.15, 0.2) is 36.6 Å². The average molecular weight is 155 g/mol. The summed E-state index contributed by atoms with van der Waals surface area (Å²) >= 11 is 0. The summed E-state index contributed by atoms with van der Waals surface area (Å²) in [6.07, 6.45) is 6.82. The van der Waals surface area contributed by atoms with Gasteiger partial charge in [-0.25, -0.2) is 0 Å². The Morgan fingerprint density at radius 1 is 1.45 bits per heavy atom. The minimum Gasteiger partial charge on any atom is -0.291 e. The van der Waals surface area contributed by atoms with Crippen molar-refractivity contribution in [3.63, 3.8) is 0 Å². The molecule has 11 heavy (non-hydrogen) atoms. The minimum absolute atomic E-state index is 0.632. The number of allylic oxidation sites excluding steroid dienone is 4. The van der Waals surface area contributed by atoms with Crippen molar-refractivity contribution >= 4 is 0 Å². The first kappa shape index (κ1) is 12.6. The second-order valence-electron chi connectivity index (χ2n) is 1.47. The molecule has 0 aliphatic carbocycles. The van der Waals surface area contributed by atoms with E-state index in [-0.39, 0.29) is 0 Å². The Morgan fingerprint density at radius 2 is 2.00 bits per heavy atom. The number of hydrogen-bond acceptors (Lipinski definition) is 2. The number of nitrogens with one attached hydrogen (secondary N) is 1. The normalized spacial score (nSPS) is 10.4. The SMILES string of the molecule is C=C/C=C(\C=C/C)NO.CC. The van der Waals surface area contributed by atoms with Crippen molar-refractivity contribution in [2.45, 2.75) is 20.8 Å². The maximum Gasteiger partial charge on any atom is 0.0598 e. The van der Waals surface area contributed by atoms with Crippen molar-refractivity contribution < 1.29 is 5.21 Å². The molecule has 2 nitrogen and oxygen atoms in total. The summed E-state index contributed by atoms with van der Waals surface area (Å²) in [4.78, 5) is 0. The third-order valence-corrected chi connectivity index (χ3v) is 0.773. The zero-order valence-electron chi connectivity index (χ0n) is 7.46. The highest BCUT2D eigenvalue weighted by Crippen LogP contribution is 1.89. The molecule has 0 radical (unpaired) electrons. The lowest BCUT2D eigenvalue weighted by molar-refractivity contribution is 0.205. The molecule has 0 amide bonds. The van der Waals surface area contributed by atoms with E-state index in [1.165, 1.54) is 0 Å². The summed E-state index contributed by atoms with van der Waals surface area (Å²) in [6, 6.07) is 0. The van der Waals surface area contributed by atoms with Gasteiger partial charge >= 0.3 is 0 Å². The molecule has 64 valence electrons. The molecule has 0 heterocycles. The van der Waals surface area contributed by atoms with Gasteiger partial charge in [0.2, 0.25) is 0 Å². The molecule has 0 rings (SSSR count). The van der Waals surface area contributed by atoms with Gasteiger partial charge in [0.15, 0.2) is 0 Å². The van der Waals surface area contributed by atoms with E-state index in [0.717, 1.165) is 0 Å². The van der Waals surface area contributed by atoms with Gasteiger partial charge in [-0.3, -0.25) is 10.7 Å². The monoisotopic (exact) mass is 155 g/mol. The molecule has 0 spiro atoms. The molecule has 0 bridgehead atoms. The van der Waals surface area contributed by atoms with Gasteiger partial charge < -0.3 is 0 Å². The fourth-order valence-electron chi connectivity index (χ4n) is 0.437. The highest BCUT2D eigenvalue weighted by Gasteiger charge is 1.80. The van der Waals surface area contributed by atoms with Crippen molar-refractivity contribution in [1.29, 1.82) is 0 Å². The molecule has 0 saturated carbocycles. The fraction of sp³-hybridized carbons (Fsp3) is 0.333. The second kappa shape index (κ2) is 11.7. The van der Waals surface area contributed by atoms with Crippen molar-refractivity contribution in [3.8, 4) is 0 Å². The number of hydroxylamine groups is 1. The summed E-state index contributed by atoms with van der Waals surface area (Å²) in [5.74, 6) is 0. The Balaban J connectivity index is 0. The van der Waals surface area contributed by atoms with Gasteiger partial charge in [-0.15, -0.1) is 0 Å². The van der Waals surface area contributed by atoms with Crippen LogP contribution in [0.4, 0.5) is 0 Å². The lowest BCUT2D eigenvalue weighted by Crippen LogP contribution is -2.02. The smallest absolute Gasteiger partial charge is 0.0598 e. The summed E-state index contributed by atoms with van der Waals surface area (Å²) in [6.45, 7) is 9.34. The molecule has 0 atom stereocenters. The Hall–Kier alpha value is -1.02. The predicted molar refractivity (Wildman–Crippen MR) is 49.4 cm³/mol. The molecule has 0 aromatic rings. The first-order valence-electron chi connectivity index (χ1n) is 3.70. The third-order valence-electron chi connectivity index (χ3n) is 0.773. The van der Waals surface area contributed by atoms with E-state index >= 15 is 0 Å². The number of rotatable bonds is 3. The lowest BCUT2D eigenvalue weighted by atomic mass is 10.3. The van der Waals surface area contributed by atoms with Gasteiger partial charge in [0.25, 0.3) is 0 Å². The highest BCUT2D eigenvalue weighted by atomic mass is 16.5. The first-order valence-corrected chi connectivity index (χ1v) is 3.70. The molecule has 0 aromatic carbocycles. The summed E-state index contributed by atoms with van der Waals surface area (Å²) < 4.78 is 0. The topological polar surface area (TPSA) is 32.3 Å². The molecule has 0 fully saturated rings. The third kappa shape index (κ3) is 8.98. The Bertz CT molecular complexity index is 136. The lowest BCUT2D eigenvalue weighted by Gasteiger charge is -1.94. The minimum atomic E-state index is 0.632. The van der Waals surface area contributed by atoms with Gasteiger partial charge in [0.05, 0.1) is 5.70 Å². The molecule has 0 aromatic heterocycles. The van der Waals surface area contributed by atoms with Gasteiger partial charge in [0.1, 0.15) is 0 Å². The van der Waals surface area contributed by atoms with Crippen LogP contribution in [-0.2, 0) is 0 Å². The predicted octanol–water partition coefficient (Wildman–Crippen LogP) is 2.64. The Morgan fingerprint density at radius 3 is 2.27 bits per heavy atom. The van der Waals surface area contributed by atoms with E-state index in [0.29, 0.717) is 5.70 Å². The van der Waals surface area contributed by atoms with Crippen LogP contribution in [0.25, 0.3) is 0 Å². The number of hydrogen-bond donors (Lipinski definition) is 2. The van der Waals surface area contributed by atoms with E-state index in [4.69, 9.17) is 5.21 Å². The largest absolute Gasteiger partial charge is 0.291 e. The van der Waals surface area contributed by atoms with Crippen molar-refractivity contribution in [2.75, 3.05) is 0 Å². The summed E-state index contributed by atoms with van der Waals surface area (Å²) in [7, 11) is 0. The van der Waals surface area contributed by atoms with Crippen LogP contribution >= 0.6 is 0 Å². The molecule has 0 saturated heterocycles. The van der Waals surface area contributed by atoms with Gasteiger partial charge in [-0.1, -0.05) is 32.6 Å². The Kier molecular flexibility index (Phi) is 13.5. The summed E-state index contributed by atoms with van der Waals surface area (Å²) in [5.41, 5.74) is 2.64. The quantitative estimate of drug-likeness (QED) is 0.485. The summed E-state index contributed by atoms with van der Waals surface area (Å²) in [5, 5.41) is 8.37. The molecule has 0 aliphatic heterocycles. The molecule has 2 heteroatoms. The zero-order valence-corrected chi connectivity index (χ0v) is 7.46. The standard InChI is InChI=1S/C7H11NO.C2H6/c1-3-5-7(8-9)6-4-2;1-2/h3-6,8-9H,1H2,2H3;1-2H3/b6-4-,7-5+;. The van der Waals surface area contributed by atoms with Crippen LogP contribution in [0, 0.1) is 0 Å². The second-order valence-corrected chi connectivity index (χ2v) is 1.47. The van der Waals surface area contributed by atoms with Gasteiger partial charge in [-0.2, -0.15) is 0 Å². The molecular weight excluding hydrogens is 138 g/mol.